The summed E-state index contributed by atoms with van der Waals surface area (Å²) in [5.74, 6) is 2.22. The Morgan fingerprint density at radius 1 is 1.55 bits per heavy atom. The Morgan fingerprint density at radius 2 is 2.32 bits per heavy atom. The van der Waals surface area contributed by atoms with Gasteiger partial charge in [-0.15, -0.1) is 0 Å². The Balaban J connectivity index is 2.20. The van der Waals surface area contributed by atoms with E-state index in [0.29, 0.717) is 12.3 Å². The topological polar surface area (TPSA) is 35.5 Å². The Hall–Kier alpha value is -1.03. The van der Waals surface area contributed by atoms with Gasteiger partial charge in [-0.2, -0.15) is 0 Å². The number of ether oxygens (including phenoxy) is 2. The molecule has 2 aliphatic rings. The molecule has 1 heterocycles. The first-order chi connectivity index (χ1) is 10.6. The van der Waals surface area contributed by atoms with Gasteiger partial charge in [0.1, 0.15) is 12.4 Å². The van der Waals surface area contributed by atoms with E-state index in [4.69, 9.17) is 9.47 Å². The molecule has 3 rings (SSSR count). The van der Waals surface area contributed by atoms with Crippen LogP contribution >= 0.6 is 15.9 Å². The molecule has 0 bridgehead atoms. The molecule has 4 heteroatoms. The molecule has 120 valence electrons. The van der Waals surface area contributed by atoms with Crippen molar-refractivity contribution in [1.82, 2.24) is 0 Å². The highest BCUT2D eigenvalue weighted by molar-refractivity contribution is 9.10. The summed E-state index contributed by atoms with van der Waals surface area (Å²) in [6, 6.07) is 2.03. The molecule has 1 aromatic carbocycles. The molecule has 0 radical (unpaired) electrons. The predicted molar refractivity (Wildman–Crippen MR) is 89.9 cm³/mol. The number of halogens is 1. The molecule has 3 nitrogen and oxygen atoms in total. The number of carbonyl (C=O) groups excluding carboxylic acids is 1. The van der Waals surface area contributed by atoms with Crippen LogP contribution in [0.25, 0.3) is 0 Å². The lowest BCUT2D eigenvalue weighted by molar-refractivity contribution is -0.108. The first-order valence-corrected chi connectivity index (χ1v) is 8.89. The molecule has 0 spiro atoms. The zero-order chi connectivity index (χ0) is 15.9. The van der Waals surface area contributed by atoms with E-state index in [1.54, 1.807) is 7.11 Å². The van der Waals surface area contributed by atoms with Gasteiger partial charge in [0.15, 0.2) is 11.5 Å². The van der Waals surface area contributed by atoms with Gasteiger partial charge in [-0.1, -0.05) is 22.9 Å². The summed E-state index contributed by atoms with van der Waals surface area (Å²) in [5, 5.41) is 0. The predicted octanol–water partition coefficient (Wildman–Crippen LogP) is 4.43. The third kappa shape index (κ3) is 2.03. The second kappa shape index (κ2) is 5.88. The van der Waals surface area contributed by atoms with Gasteiger partial charge < -0.3 is 14.3 Å². The van der Waals surface area contributed by atoms with Crippen molar-refractivity contribution in [3.05, 3.63) is 21.7 Å². The molecular weight excluding hydrogens is 344 g/mol. The van der Waals surface area contributed by atoms with Gasteiger partial charge in [0.05, 0.1) is 7.11 Å². The minimum Gasteiger partial charge on any atom is -0.493 e. The van der Waals surface area contributed by atoms with Crippen LogP contribution in [0, 0.1) is 5.92 Å². The van der Waals surface area contributed by atoms with Crippen molar-refractivity contribution in [1.29, 1.82) is 0 Å². The van der Waals surface area contributed by atoms with Crippen LogP contribution in [-0.2, 0) is 16.6 Å². The van der Waals surface area contributed by atoms with E-state index < -0.39 is 0 Å². The van der Waals surface area contributed by atoms with Gasteiger partial charge in [-0.05, 0) is 50.2 Å². The smallest absolute Gasteiger partial charge is 0.165 e. The highest BCUT2D eigenvalue weighted by Crippen LogP contribution is 2.60. The molecule has 1 aliphatic heterocycles. The molecule has 1 aliphatic carbocycles. The Bertz CT molecular complexity index is 598. The van der Waals surface area contributed by atoms with Gasteiger partial charge in [-0.3, -0.25) is 0 Å². The van der Waals surface area contributed by atoms with Crippen LogP contribution in [0.5, 0.6) is 11.5 Å². The number of hydrogen-bond acceptors (Lipinski definition) is 3. The zero-order valence-corrected chi connectivity index (χ0v) is 15.0. The molecule has 0 saturated carbocycles. The second-order valence-electron chi connectivity index (χ2n) is 6.38. The van der Waals surface area contributed by atoms with Gasteiger partial charge in [-0.25, -0.2) is 0 Å². The SMILES string of the molecule is CCC12c3c(c(Br)cc(OC)c3OC1C)CCC2CCC=O. The summed E-state index contributed by atoms with van der Waals surface area (Å²) in [4.78, 5) is 10.9. The molecule has 0 amide bonds. The molecule has 22 heavy (non-hydrogen) atoms. The maximum atomic E-state index is 10.9. The second-order valence-corrected chi connectivity index (χ2v) is 7.23. The molecule has 1 aromatic rings. The highest BCUT2D eigenvalue weighted by atomic mass is 79.9. The highest BCUT2D eigenvalue weighted by Gasteiger charge is 2.54. The minimum atomic E-state index is 0.00296. The summed E-state index contributed by atoms with van der Waals surface area (Å²) in [7, 11) is 1.69. The minimum absolute atomic E-state index is 0.00296. The van der Waals surface area contributed by atoms with Gasteiger partial charge in [0.2, 0.25) is 0 Å². The van der Waals surface area contributed by atoms with Crippen molar-refractivity contribution in [2.75, 3.05) is 7.11 Å². The van der Waals surface area contributed by atoms with Crippen LogP contribution in [0.4, 0.5) is 0 Å². The van der Waals surface area contributed by atoms with E-state index in [1.165, 1.54) is 11.1 Å². The summed E-state index contributed by atoms with van der Waals surface area (Å²) >= 11 is 3.72. The van der Waals surface area contributed by atoms with Crippen LogP contribution in [0.15, 0.2) is 10.5 Å². The van der Waals surface area contributed by atoms with E-state index in [-0.39, 0.29) is 11.5 Å². The van der Waals surface area contributed by atoms with Gasteiger partial charge >= 0.3 is 0 Å². The Morgan fingerprint density at radius 3 is 2.95 bits per heavy atom. The first-order valence-electron chi connectivity index (χ1n) is 8.10. The maximum absolute atomic E-state index is 10.9. The van der Waals surface area contributed by atoms with Crippen molar-refractivity contribution in [2.45, 2.75) is 57.5 Å². The number of carbonyl (C=O) groups is 1. The third-order valence-corrected chi connectivity index (χ3v) is 6.40. The maximum Gasteiger partial charge on any atom is 0.165 e. The normalized spacial score (nSPS) is 28.9. The monoisotopic (exact) mass is 366 g/mol. The van der Waals surface area contributed by atoms with E-state index >= 15 is 0 Å². The van der Waals surface area contributed by atoms with E-state index in [2.05, 4.69) is 29.8 Å². The van der Waals surface area contributed by atoms with Crippen LogP contribution in [0.1, 0.15) is 50.7 Å². The molecular formula is C18H23BrO3. The average molecular weight is 367 g/mol. The lowest BCUT2D eigenvalue weighted by Gasteiger charge is -2.43. The first kappa shape index (κ1) is 15.9. The van der Waals surface area contributed by atoms with Crippen LogP contribution in [0.2, 0.25) is 0 Å². The number of aldehydes is 1. The van der Waals surface area contributed by atoms with Crippen molar-refractivity contribution in [3.8, 4) is 11.5 Å². The van der Waals surface area contributed by atoms with Crippen LogP contribution in [0.3, 0.4) is 0 Å². The lowest BCUT2D eigenvalue weighted by Crippen LogP contribution is -2.45. The summed E-state index contributed by atoms with van der Waals surface area (Å²) in [6.45, 7) is 4.41. The fraction of sp³-hybridized carbons (Fsp3) is 0.611. The van der Waals surface area contributed by atoms with E-state index in [1.807, 2.05) is 6.07 Å². The number of rotatable bonds is 5. The lowest BCUT2D eigenvalue weighted by atomic mass is 9.59. The number of benzene rings is 1. The fourth-order valence-corrected chi connectivity index (χ4v) is 5.28. The quantitative estimate of drug-likeness (QED) is 0.723. The van der Waals surface area contributed by atoms with Crippen molar-refractivity contribution in [3.63, 3.8) is 0 Å². The standard InChI is InChI=1S/C18H23BrO3/c1-4-18-11(2)22-17-15(21-3)10-14(19)13(16(17)18)8-7-12(18)6-5-9-20/h9-12H,4-8H2,1-3H3. The fourth-order valence-electron chi connectivity index (χ4n) is 4.67. The van der Waals surface area contributed by atoms with E-state index in [9.17, 15) is 4.79 Å². The number of hydrogen-bond donors (Lipinski definition) is 0. The summed E-state index contributed by atoms with van der Waals surface area (Å²) in [5.41, 5.74) is 2.70. The van der Waals surface area contributed by atoms with Crippen molar-refractivity contribution in [2.24, 2.45) is 5.92 Å². The Kier molecular flexibility index (Phi) is 4.23. The van der Waals surface area contributed by atoms with Gasteiger partial charge in [0, 0.05) is 21.9 Å². The van der Waals surface area contributed by atoms with Crippen LogP contribution < -0.4 is 9.47 Å². The molecule has 3 unspecified atom stereocenters. The van der Waals surface area contributed by atoms with Crippen LogP contribution in [-0.4, -0.2) is 19.5 Å². The average Bonchev–Trinajstić information content (AvgIpc) is 2.84. The molecule has 0 N–H and O–H groups in total. The third-order valence-electron chi connectivity index (χ3n) is 5.69. The largest absolute Gasteiger partial charge is 0.493 e. The van der Waals surface area contributed by atoms with Gasteiger partial charge in [0.25, 0.3) is 0 Å². The zero-order valence-electron chi connectivity index (χ0n) is 13.4. The summed E-state index contributed by atoms with van der Waals surface area (Å²) < 4.78 is 12.9. The molecule has 0 aromatic heterocycles. The van der Waals surface area contributed by atoms with Crippen molar-refractivity contribution < 1.29 is 14.3 Å². The summed E-state index contributed by atoms with van der Waals surface area (Å²) in [6.07, 6.45) is 5.92. The molecule has 3 atom stereocenters. The Labute approximate surface area is 140 Å². The molecule has 0 saturated heterocycles. The van der Waals surface area contributed by atoms with E-state index in [0.717, 1.165) is 47.9 Å². The number of methoxy groups -OCH3 is 1. The molecule has 0 fully saturated rings. The van der Waals surface area contributed by atoms with Crippen molar-refractivity contribution >= 4 is 22.2 Å².